The van der Waals surface area contributed by atoms with Gasteiger partial charge in [0.05, 0.1) is 5.56 Å². The third-order valence-corrected chi connectivity index (χ3v) is 5.53. The maximum Gasteiger partial charge on any atom is 0.252 e. The average molecular weight is 292 g/mol. The van der Waals surface area contributed by atoms with Gasteiger partial charge in [-0.25, -0.2) is 0 Å². The Morgan fingerprint density at radius 3 is 2.85 bits per heavy atom. The van der Waals surface area contributed by atoms with E-state index in [9.17, 15) is 4.79 Å². The van der Waals surface area contributed by atoms with Crippen molar-refractivity contribution in [1.82, 2.24) is 10.2 Å². The fraction of sp³-hybridized carbons (Fsp3) is 0.688. The van der Waals surface area contributed by atoms with Gasteiger partial charge in [-0.15, -0.1) is 11.3 Å². The van der Waals surface area contributed by atoms with Crippen LogP contribution >= 0.6 is 11.3 Å². The van der Waals surface area contributed by atoms with Crippen LogP contribution in [-0.2, 0) is 12.8 Å². The summed E-state index contributed by atoms with van der Waals surface area (Å²) in [6.45, 7) is 4.42. The van der Waals surface area contributed by atoms with Crippen LogP contribution in [0.2, 0.25) is 0 Å². The van der Waals surface area contributed by atoms with Crippen LogP contribution in [0.5, 0.6) is 0 Å². The molecule has 1 aliphatic heterocycles. The van der Waals surface area contributed by atoms with Crippen LogP contribution in [0.4, 0.5) is 0 Å². The summed E-state index contributed by atoms with van der Waals surface area (Å²) >= 11 is 1.77. The lowest BCUT2D eigenvalue weighted by Crippen LogP contribution is -2.29. The highest BCUT2D eigenvalue weighted by Crippen LogP contribution is 2.30. The summed E-state index contributed by atoms with van der Waals surface area (Å²) in [6, 6.07) is 0. The Labute approximate surface area is 125 Å². The van der Waals surface area contributed by atoms with E-state index < -0.39 is 0 Å². The van der Waals surface area contributed by atoms with E-state index in [0.717, 1.165) is 31.5 Å². The predicted octanol–water partition coefficient (Wildman–Crippen LogP) is 2.84. The molecule has 1 saturated heterocycles. The molecule has 3 rings (SSSR count). The van der Waals surface area contributed by atoms with Crippen molar-refractivity contribution in [3.63, 3.8) is 0 Å². The zero-order valence-corrected chi connectivity index (χ0v) is 12.9. The summed E-state index contributed by atoms with van der Waals surface area (Å²) in [5.41, 5.74) is 2.28. The summed E-state index contributed by atoms with van der Waals surface area (Å²) in [5.74, 6) is 0.144. The molecule has 20 heavy (non-hydrogen) atoms. The van der Waals surface area contributed by atoms with Crippen molar-refractivity contribution in [2.24, 2.45) is 0 Å². The number of aryl methyl sites for hydroxylation is 1. The van der Waals surface area contributed by atoms with Crippen LogP contribution in [0, 0.1) is 0 Å². The Morgan fingerprint density at radius 2 is 2.00 bits per heavy atom. The Balaban J connectivity index is 1.45. The number of hydrogen-bond acceptors (Lipinski definition) is 3. The maximum atomic E-state index is 12.3. The third kappa shape index (κ3) is 3.23. The zero-order valence-electron chi connectivity index (χ0n) is 12.1. The van der Waals surface area contributed by atoms with Crippen LogP contribution in [0.15, 0.2) is 5.38 Å². The first-order valence-electron chi connectivity index (χ1n) is 7.94. The van der Waals surface area contributed by atoms with Crippen molar-refractivity contribution in [2.45, 2.75) is 44.9 Å². The first-order chi connectivity index (χ1) is 9.84. The molecule has 0 spiro atoms. The highest BCUT2D eigenvalue weighted by atomic mass is 32.1. The van der Waals surface area contributed by atoms with Crippen LogP contribution < -0.4 is 5.32 Å². The Bertz CT molecular complexity index is 463. The first-order valence-corrected chi connectivity index (χ1v) is 8.82. The molecular formula is C16H24N2OS. The van der Waals surface area contributed by atoms with Gasteiger partial charge in [0.2, 0.25) is 0 Å². The molecule has 0 saturated carbocycles. The van der Waals surface area contributed by atoms with Crippen molar-refractivity contribution < 1.29 is 4.79 Å². The molecule has 2 heterocycles. The summed E-state index contributed by atoms with van der Waals surface area (Å²) < 4.78 is 0. The third-order valence-electron chi connectivity index (χ3n) is 4.44. The van der Waals surface area contributed by atoms with Crippen molar-refractivity contribution in [1.29, 1.82) is 0 Å². The molecule has 1 amide bonds. The minimum Gasteiger partial charge on any atom is -0.352 e. The molecule has 0 atom stereocenters. The lowest BCUT2D eigenvalue weighted by atomic mass is 9.96. The quantitative estimate of drug-likeness (QED) is 0.846. The SMILES string of the molecule is O=C(NCCCN1CCCC1)c1csc2c1CCCC2. The van der Waals surface area contributed by atoms with Crippen molar-refractivity contribution in [2.75, 3.05) is 26.2 Å². The molecular weight excluding hydrogens is 268 g/mol. The van der Waals surface area contributed by atoms with E-state index in [1.807, 2.05) is 0 Å². The second-order valence-corrected chi connectivity index (χ2v) is 6.88. The molecule has 3 nitrogen and oxygen atoms in total. The lowest BCUT2D eigenvalue weighted by molar-refractivity contribution is 0.0951. The van der Waals surface area contributed by atoms with Crippen LogP contribution in [0.25, 0.3) is 0 Å². The number of amides is 1. The summed E-state index contributed by atoms with van der Waals surface area (Å²) in [6.07, 6.45) is 8.53. The predicted molar refractivity (Wildman–Crippen MR) is 83.6 cm³/mol. The number of rotatable bonds is 5. The fourth-order valence-electron chi connectivity index (χ4n) is 3.29. The molecule has 2 aliphatic rings. The first kappa shape index (κ1) is 14.1. The van der Waals surface area contributed by atoms with E-state index in [1.165, 1.54) is 55.6 Å². The van der Waals surface area contributed by atoms with E-state index in [2.05, 4.69) is 15.6 Å². The number of carbonyl (C=O) groups is 1. The summed E-state index contributed by atoms with van der Waals surface area (Å²) in [7, 11) is 0. The van der Waals surface area contributed by atoms with Gasteiger partial charge in [0, 0.05) is 16.8 Å². The van der Waals surface area contributed by atoms with Gasteiger partial charge in [0.25, 0.3) is 5.91 Å². The van der Waals surface area contributed by atoms with E-state index in [-0.39, 0.29) is 5.91 Å². The molecule has 1 fully saturated rings. The van der Waals surface area contributed by atoms with E-state index >= 15 is 0 Å². The number of likely N-dealkylation sites (tertiary alicyclic amines) is 1. The maximum absolute atomic E-state index is 12.3. The van der Waals surface area contributed by atoms with Crippen molar-refractivity contribution in [3.05, 3.63) is 21.4 Å². The van der Waals surface area contributed by atoms with Gasteiger partial charge < -0.3 is 10.2 Å². The van der Waals surface area contributed by atoms with Crippen molar-refractivity contribution in [3.8, 4) is 0 Å². The number of thiophene rings is 1. The van der Waals surface area contributed by atoms with Gasteiger partial charge in [-0.05, 0) is 70.1 Å². The molecule has 110 valence electrons. The number of fused-ring (bicyclic) bond motifs is 1. The Kier molecular flexibility index (Phi) is 4.73. The molecule has 4 heteroatoms. The fourth-order valence-corrected chi connectivity index (χ4v) is 4.42. The van der Waals surface area contributed by atoms with Gasteiger partial charge in [-0.1, -0.05) is 0 Å². The largest absolute Gasteiger partial charge is 0.352 e. The molecule has 1 aliphatic carbocycles. The van der Waals surface area contributed by atoms with E-state index in [0.29, 0.717) is 0 Å². The van der Waals surface area contributed by atoms with Gasteiger partial charge in [0.15, 0.2) is 0 Å². The van der Waals surface area contributed by atoms with Gasteiger partial charge in [-0.2, -0.15) is 0 Å². The molecule has 0 aromatic carbocycles. The Morgan fingerprint density at radius 1 is 1.20 bits per heavy atom. The van der Waals surface area contributed by atoms with Gasteiger partial charge in [0.1, 0.15) is 0 Å². The van der Waals surface area contributed by atoms with Gasteiger partial charge >= 0.3 is 0 Å². The topological polar surface area (TPSA) is 32.3 Å². The van der Waals surface area contributed by atoms with Crippen molar-refractivity contribution >= 4 is 17.2 Å². The second-order valence-electron chi connectivity index (χ2n) is 5.92. The van der Waals surface area contributed by atoms with E-state index in [4.69, 9.17) is 0 Å². The minimum atomic E-state index is 0.144. The monoisotopic (exact) mass is 292 g/mol. The smallest absolute Gasteiger partial charge is 0.252 e. The second kappa shape index (κ2) is 6.72. The highest BCUT2D eigenvalue weighted by molar-refractivity contribution is 7.10. The van der Waals surface area contributed by atoms with Crippen LogP contribution in [0.3, 0.4) is 0 Å². The van der Waals surface area contributed by atoms with Crippen LogP contribution in [0.1, 0.15) is 52.9 Å². The Hall–Kier alpha value is -0.870. The van der Waals surface area contributed by atoms with Gasteiger partial charge in [-0.3, -0.25) is 4.79 Å². The minimum absolute atomic E-state index is 0.144. The lowest BCUT2D eigenvalue weighted by Gasteiger charge is -2.15. The average Bonchev–Trinajstić information content (AvgIpc) is 3.12. The normalized spacial score (nSPS) is 19.0. The van der Waals surface area contributed by atoms with E-state index in [1.54, 1.807) is 11.3 Å². The summed E-state index contributed by atoms with van der Waals surface area (Å²) in [5, 5.41) is 5.16. The zero-order chi connectivity index (χ0) is 13.8. The highest BCUT2D eigenvalue weighted by Gasteiger charge is 2.19. The van der Waals surface area contributed by atoms with Crippen LogP contribution in [-0.4, -0.2) is 37.0 Å². The molecule has 1 aromatic rings. The number of nitrogens with one attached hydrogen (secondary N) is 1. The number of nitrogens with zero attached hydrogens (tertiary/aromatic N) is 1. The molecule has 0 unspecified atom stereocenters. The molecule has 1 N–H and O–H groups in total. The molecule has 0 radical (unpaired) electrons. The molecule has 0 bridgehead atoms. The number of hydrogen-bond donors (Lipinski definition) is 1. The summed E-state index contributed by atoms with van der Waals surface area (Å²) in [4.78, 5) is 16.2. The molecule has 1 aromatic heterocycles. The standard InChI is InChI=1S/C16H24N2OS/c19-16(17-8-5-11-18-9-3-4-10-18)14-12-20-15-7-2-1-6-13(14)15/h12H,1-11H2,(H,17,19). The number of carbonyl (C=O) groups excluding carboxylic acids is 1.